The molecule has 0 aliphatic carbocycles. The second-order valence-corrected chi connectivity index (χ2v) is 8.22. The predicted molar refractivity (Wildman–Crippen MR) is 147 cm³/mol. The highest BCUT2D eigenvalue weighted by Gasteiger charge is 2.13. The molecule has 0 heterocycles. The van der Waals surface area contributed by atoms with Crippen LogP contribution in [-0.2, 0) is 0 Å². The number of anilines is 3. The van der Waals surface area contributed by atoms with Crippen LogP contribution in [0.4, 0.5) is 17.1 Å². The molecule has 172 valence electrons. The van der Waals surface area contributed by atoms with E-state index in [9.17, 15) is 0 Å². The van der Waals surface area contributed by atoms with Crippen LogP contribution < -0.4 is 14.4 Å². The molecule has 0 amide bonds. The van der Waals surface area contributed by atoms with Gasteiger partial charge >= 0.3 is 0 Å². The van der Waals surface area contributed by atoms with Gasteiger partial charge in [-0.25, -0.2) is 0 Å². The molecule has 35 heavy (non-hydrogen) atoms. The Morgan fingerprint density at radius 2 is 1.03 bits per heavy atom. The SMILES string of the molecule is COc1ccc(N(c2ccc(C=Cc3cccc4ccccc34)cc2)c2ccc(OC)cc2)cc1. The first kappa shape index (κ1) is 22.3. The summed E-state index contributed by atoms with van der Waals surface area (Å²) < 4.78 is 10.7. The van der Waals surface area contributed by atoms with E-state index >= 15 is 0 Å². The molecule has 5 aromatic carbocycles. The number of fused-ring (bicyclic) bond motifs is 1. The molecule has 3 heteroatoms. The van der Waals surface area contributed by atoms with Crippen molar-refractivity contribution in [3.05, 3.63) is 126 Å². The van der Waals surface area contributed by atoms with Gasteiger partial charge in [0.2, 0.25) is 0 Å². The lowest BCUT2D eigenvalue weighted by atomic mass is 10.0. The first-order valence-corrected chi connectivity index (χ1v) is 11.6. The molecule has 0 atom stereocenters. The van der Waals surface area contributed by atoms with Gasteiger partial charge < -0.3 is 14.4 Å². The Hall–Kier alpha value is -4.50. The maximum Gasteiger partial charge on any atom is 0.119 e. The maximum absolute atomic E-state index is 5.35. The van der Waals surface area contributed by atoms with Crippen LogP contribution >= 0.6 is 0 Å². The van der Waals surface area contributed by atoms with Crippen molar-refractivity contribution >= 4 is 40.0 Å². The van der Waals surface area contributed by atoms with Crippen LogP contribution in [0, 0.1) is 0 Å². The third-order valence-electron chi connectivity index (χ3n) is 6.09. The standard InChI is InChI=1S/C32H27NO2/c1-34-30-20-16-28(17-21-30)33(29-18-22-31(35-2)23-19-29)27-14-11-24(12-15-27)10-13-26-8-5-7-25-6-3-4-9-32(25)26/h3-23H,1-2H3. The third kappa shape index (κ3) is 4.90. The minimum atomic E-state index is 0.831. The number of ether oxygens (including phenoxy) is 2. The molecule has 0 saturated heterocycles. The van der Waals surface area contributed by atoms with Gasteiger partial charge in [0.05, 0.1) is 14.2 Å². The molecular formula is C32H27NO2. The van der Waals surface area contributed by atoms with E-state index < -0.39 is 0 Å². The Balaban J connectivity index is 1.46. The molecule has 0 radical (unpaired) electrons. The van der Waals surface area contributed by atoms with Gasteiger partial charge in [-0.1, -0.05) is 66.7 Å². The molecule has 0 aliphatic rings. The third-order valence-corrected chi connectivity index (χ3v) is 6.09. The molecule has 0 fully saturated rings. The molecule has 5 rings (SSSR count). The Bertz CT molecular complexity index is 1380. The summed E-state index contributed by atoms with van der Waals surface area (Å²) >= 11 is 0. The summed E-state index contributed by atoms with van der Waals surface area (Å²) in [6.45, 7) is 0. The smallest absolute Gasteiger partial charge is 0.119 e. The van der Waals surface area contributed by atoms with E-state index in [2.05, 4.69) is 108 Å². The highest BCUT2D eigenvalue weighted by atomic mass is 16.5. The van der Waals surface area contributed by atoms with Gasteiger partial charge in [0.1, 0.15) is 11.5 Å². The number of rotatable bonds is 7. The Morgan fingerprint density at radius 1 is 0.514 bits per heavy atom. The Morgan fingerprint density at radius 3 is 1.60 bits per heavy atom. The maximum atomic E-state index is 5.35. The zero-order valence-corrected chi connectivity index (χ0v) is 19.9. The average molecular weight is 458 g/mol. The van der Waals surface area contributed by atoms with E-state index in [0.29, 0.717) is 0 Å². The van der Waals surface area contributed by atoms with E-state index in [4.69, 9.17) is 9.47 Å². The van der Waals surface area contributed by atoms with Gasteiger partial charge in [0.15, 0.2) is 0 Å². The van der Waals surface area contributed by atoms with Crippen LogP contribution in [0.3, 0.4) is 0 Å². The summed E-state index contributed by atoms with van der Waals surface area (Å²) in [6, 6.07) is 39.7. The van der Waals surface area contributed by atoms with Crippen molar-refractivity contribution < 1.29 is 9.47 Å². The summed E-state index contributed by atoms with van der Waals surface area (Å²) in [5.74, 6) is 1.66. The lowest BCUT2D eigenvalue weighted by molar-refractivity contribution is 0.415. The fourth-order valence-electron chi connectivity index (χ4n) is 4.23. The molecular weight excluding hydrogens is 430 g/mol. The number of nitrogens with zero attached hydrogens (tertiary/aromatic N) is 1. The fraction of sp³-hybridized carbons (Fsp3) is 0.0625. The molecule has 0 unspecified atom stereocenters. The first-order chi connectivity index (χ1) is 17.2. The highest BCUT2D eigenvalue weighted by molar-refractivity contribution is 5.93. The van der Waals surface area contributed by atoms with Gasteiger partial charge in [-0.3, -0.25) is 0 Å². The summed E-state index contributed by atoms with van der Waals surface area (Å²) in [4.78, 5) is 2.22. The van der Waals surface area contributed by atoms with Crippen molar-refractivity contribution in [2.24, 2.45) is 0 Å². The van der Waals surface area contributed by atoms with Crippen molar-refractivity contribution in [2.75, 3.05) is 19.1 Å². The van der Waals surface area contributed by atoms with Crippen LogP contribution in [0.15, 0.2) is 115 Å². The molecule has 0 spiro atoms. The molecule has 0 aromatic heterocycles. The van der Waals surface area contributed by atoms with Crippen molar-refractivity contribution in [3.63, 3.8) is 0 Å². The van der Waals surface area contributed by atoms with E-state index in [1.165, 1.54) is 16.3 Å². The molecule has 0 bridgehead atoms. The molecule has 0 saturated carbocycles. The topological polar surface area (TPSA) is 21.7 Å². The zero-order chi connectivity index (χ0) is 24.0. The van der Waals surface area contributed by atoms with Crippen molar-refractivity contribution in [2.45, 2.75) is 0 Å². The predicted octanol–water partition coefficient (Wildman–Crippen LogP) is 8.50. The van der Waals surface area contributed by atoms with Crippen LogP contribution in [0.5, 0.6) is 11.5 Å². The van der Waals surface area contributed by atoms with Crippen LogP contribution in [0.1, 0.15) is 11.1 Å². The number of hydrogen-bond donors (Lipinski definition) is 0. The average Bonchev–Trinajstić information content (AvgIpc) is 2.93. The second-order valence-electron chi connectivity index (χ2n) is 8.22. The Kier molecular flexibility index (Phi) is 6.49. The van der Waals surface area contributed by atoms with Gasteiger partial charge in [0.25, 0.3) is 0 Å². The van der Waals surface area contributed by atoms with E-state index in [1.54, 1.807) is 14.2 Å². The van der Waals surface area contributed by atoms with Crippen molar-refractivity contribution in [1.29, 1.82) is 0 Å². The number of methoxy groups -OCH3 is 2. The zero-order valence-electron chi connectivity index (χ0n) is 19.9. The minimum absolute atomic E-state index is 0.831. The van der Waals surface area contributed by atoms with E-state index in [1.807, 2.05) is 24.3 Å². The van der Waals surface area contributed by atoms with E-state index in [-0.39, 0.29) is 0 Å². The van der Waals surface area contributed by atoms with Gasteiger partial charge in [0, 0.05) is 17.1 Å². The quantitative estimate of drug-likeness (QED) is 0.229. The highest BCUT2D eigenvalue weighted by Crippen LogP contribution is 2.36. The second kappa shape index (κ2) is 10.2. The fourth-order valence-corrected chi connectivity index (χ4v) is 4.23. The first-order valence-electron chi connectivity index (χ1n) is 11.6. The lowest BCUT2D eigenvalue weighted by Crippen LogP contribution is -2.09. The molecule has 3 nitrogen and oxygen atoms in total. The van der Waals surface area contributed by atoms with Crippen LogP contribution in [-0.4, -0.2) is 14.2 Å². The van der Waals surface area contributed by atoms with Crippen molar-refractivity contribution in [1.82, 2.24) is 0 Å². The number of hydrogen-bond acceptors (Lipinski definition) is 3. The largest absolute Gasteiger partial charge is 0.497 e. The van der Waals surface area contributed by atoms with Gasteiger partial charge in [-0.05, 0) is 82.6 Å². The summed E-state index contributed by atoms with van der Waals surface area (Å²) in [6.07, 6.45) is 4.35. The van der Waals surface area contributed by atoms with Crippen LogP contribution in [0.2, 0.25) is 0 Å². The lowest BCUT2D eigenvalue weighted by Gasteiger charge is -2.26. The summed E-state index contributed by atoms with van der Waals surface area (Å²) in [5, 5.41) is 2.51. The molecule has 0 aliphatic heterocycles. The summed E-state index contributed by atoms with van der Waals surface area (Å²) in [7, 11) is 3.36. The van der Waals surface area contributed by atoms with Crippen LogP contribution in [0.25, 0.3) is 22.9 Å². The summed E-state index contributed by atoms with van der Waals surface area (Å²) in [5.41, 5.74) is 5.53. The number of benzene rings is 5. The van der Waals surface area contributed by atoms with Crippen molar-refractivity contribution in [3.8, 4) is 11.5 Å². The van der Waals surface area contributed by atoms with Gasteiger partial charge in [-0.2, -0.15) is 0 Å². The molecule has 5 aromatic rings. The Labute approximate surface area is 206 Å². The molecule has 0 N–H and O–H groups in total. The van der Waals surface area contributed by atoms with Gasteiger partial charge in [-0.15, -0.1) is 0 Å². The monoisotopic (exact) mass is 457 g/mol. The minimum Gasteiger partial charge on any atom is -0.497 e. The normalized spacial score (nSPS) is 11.0. The van der Waals surface area contributed by atoms with E-state index in [0.717, 1.165) is 34.1 Å².